The first-order valence-electron chi connectivity index (χ1n) is 6.35. The van der Waals surface area contributed by atoms with Crippen LogP contribution in [0.5, 0.6) is 0 Å². The van der Waals surface area contributed by atoms with Crippen LogP contribution in [0.15, 0.2) is 35.3 Å². The number of aromatic nitrogens is 2. The maximum atomic E-state index is 12.0. The van der Waals surface area contributed by atoms with Crippen molar-refractivity contribution in [3.05, 3.63) is 61.4 Å². The van der Waals surface area contributed by atoms with Gasteiger partial charge in [0.15, 0.2) is 0 Å². The predicted octanol–water partition coefficient (Wildman–Crippen LogP) is 3.08. The van der Waals surface area contributed by atoms with Crippen molar-refractivity contribution in [3.8, 4) is 0 Å². The summed E-state index contributed by atoms with van der Waals surface area (Å²) in [5, 5.41) is 6.97. The van der Waals surface area contributed by atoms with E-state index in [0.29, 0.717) is 5.02 Å². The minimum atomic E-state index is -0.616. The van der Waals surface area contributed by atoms with Gasteiger partial charge >= 0.3 is 0 Å². The van der Waals surface area contributed by atoms with Gasteiger partial charge in [-0.25, -0.2) is 4.68 Å². The van der Waals surface area contributed by atoms with Crippen molar-refractivity contribution in [2.24, 2.45) is 0 Å². The molecular weight excluding hydrogens is 349 g/mol. The molecule has 5 nitrogen and oxygen atoms in total. The number of carbonyl (C=O) groups is 1. The van der Waals surface area contributed by atoms with Crippen LogP contribution in [-0.2, 0) is 11.3 Å². The number of hydrogen-bond acceptors (Lipinski definition) is 3. The molecule has 0 unspecified atom stereocenters. The van der Waals surface area contributed by atoms with Gasteiger partial charge in [0.1, 0.15) is 11.6 Å². The standard InChI is InChI=1S/C14H12Cl3N3O2/c1-8(9-4-2-3-5-10(9)15)19-12(21)7-20-14(22)13(17)11(16)6-18-20/h2-6,8H,7H2,1H3,(H,19,21)/t8-/m0/s1. The Morgan fingerprint density at radius 3 is 2.64 bits per heavy atom. The lowest BCUT2D eigenvalue weighted by atomic mass is 10.1. The van der Waals surface area contributed by atoms with E-state index in [1.807, 2.05) is 12.1 Å². The van der Waals surface area contributed by atoms with Crippen molar-refractivity contribution in [2.75, 3.05) is 0 Å². The van der Waals surface area contributed by atoms with E-state index in [1.165, 1.54) is 6.20 Å². The Morgan fingerprint density at radius 1 is 1.27 bits per heavy atom. The molecule has 0 aliphatic rings. The molecule has 1 atom stereocenters. The molecule has 2 rings (SSSR count). The largest absolute Gasteiger partial charge is 0.348 e. The summed E-state index contributed by atoms with van der Waals surface area (Å²) in [4.78, 5) is 23.8. The fourth-order valence-corrected chi connectivity index (χ4v) is 2.45. The van der Waals surface area contributed by atoms with Crippen molar-refractivity contribution >= 4 is 40.7 Å². The molecule has 22 heavy (non-hydrogen) atoms. The fourth-order valence-electron chi connectivity index (χ4n) is 1.88. The maximum absolute atomic E-state index is 12.0. The summed E-state index contributed by atoms with van der Waals surface area (Å²) in [6.07, 6.45) is 1.22. The molecule has 2 aromatic rings. The zero-order chi connectivity index (χ0) is 16.3. The molecule has 0 saturated carbocycles. The average Bonchev–Trinajstić information content (AvgIpc) is 2.48. The monoisotopic (exact) mass is 359 g/mol. The zero-order valence-electron chi connectivity index (χ0n) is 11.5. The van der Waals surface area contributed by atoms with Crippen LogP contribution >= 0.6 is 34.8 Å². The van der Waals surface area contributed by atoms with Crippen LogP contribution in [0.25, 0.3) is 0 Å². The number of nitrogens with zero attached hydrogens (tertiary/aromatic N) is 2. The Bertz CT molecular complexity index is 761. The highest BCUT2D eigenvalue weighted by molar-refractivity contribution is 6.41. The first kappa shape index (κ1) is 16.8. The van der Waals surface area contributed by atoms with Crippen LogP contribution < -0.4 is 10.9 Å². The summed E-state index contributed by atoms with van der Waals surface area (Å²) in [7, 11) is 0. The zero-order valence-corrected chi connectivity index (χ0v) is 13.8. The van der Waals surface area contributed by atoms with Gasteiger partial charge in [-0.15, -0.1) is 0 Å². The lowest BCUT2D eigenvalue weighted by Crippen LogP contribution is -2.35. The lowest BCUT2D eigenvalue weighted by molar-refractivity contribution is -0.122. The third-order valence-corrected chi connectivity index (χ3v) is 4.08. The molecule has 0 spiro atoms. The highest BCUT2D eigenvalue weighted by Crippen LogP contribution is 2.22. The van der Waals surface area contributed by atoms with E-state index in [-0.39, 0.29) is 28.5 Å². The second-order valence-electron chi connectivity index (χ2n) is 4.58. The maximum Gasteiger partial charge on any atom is 0.287 e. The molecule has 8 heteroatoms. The van der Waals surface area contributed by atoms with Gasteiger partial charge in [0.25, 0.3) is 5.56 Å². The number of carbonyl (C=O) groups excluding carboxylic acids is 1. The third-order valence-electron chi connectivity index (χ3n) is 2.98. The topological polar surface area (TPSA) is 64.0 Å². The second-order valence-corrected chi connectivity index (χ2v) is 5.77. The van der Waals surface area contributed by atoms with Crippen molar-refractivity contribution in [2.45, 2.75) is 19.5 Å². The van der Waals surface area contributed by atoms with Gasteiger partial charge in [-0.05, 0) is 18.6 Å². The number of halogens is 3. The fraction of sp³-hybridized carbons (Fsp3) is 0.214. The van der Waals surface area contributed by atoms with E-state index < -0.39 is 5.56 Å². The van der Waals surface area contributed by atoms with Crippen LogP contribution in [-0.4, -0.2) is 15.7 Å². The first-order valence-corrected chi connectivity index (χ1v) is 7.48. The van der Waals surface area contributed by atoms with Crippen LogP contribution in [0.3, 0.4) is 0 Å². The molecular formula is C14H12Cl3N3O2. The minimum absolute atomic E-state index is 0.0489. The van der Waals surface area contributed by atoms with Crippen molar-refractivity contribution in [1.29, 1.82) is 0 Å². The van der Waals surface area contributed by atoms with Crippen molar-refractivity contribution in [1.82, 2.24) is 15.1 Å². The first-order chi connectivity index (χ1) is 10.4. The van der Waals surface area contributed by atoms with Crippen LogP contribution in [0.4, 0.5) is 0 Å². The quantitative estimate of drug-likeness (QED) is 0.911. The van der Waals surface area contributed by atoms with Crippen molar-refractivity contribution in [3.63, 3.8) is 0 Å². The summed E-state index contributed by atoms with van der Waals surface area (Å²) in [5.41, 5.74) is 0.168. The van der Waals surface area contributed by atoms with Gasteiger partial charge in [0.2, 0.25) is 5.91 Å². The van der Waals surface area contributed by atoms with Gasteiger partial charge in [0.05, 0.1) is 17.3 Å². The Balaban J connectivity index is 2.09. The van der Waals surface area contributed by atoms with E-state index in [2.05, 4.69) is 10.4 Å². The highest BCUT2D eigenvalue weighted by atomic mass is 35.5. The summed E-state index contributed by atoms with van der Waals surface area (Å²) < 4.78 is 0.947. The molecule has 0 saturated heterocycles. The van der Waals surface area contributed by atoms with E-state index in [1.54, 1.807) is 19.1 Å². The van der Waals surface area contributed by atoms with E-state index in [9.17, 15) is 9.59 Å². The number of rotatable bonds is 4. The Morgan fingerprint density at radius 2 is 1.95 bits per heavy atom. The molecule has 0 bridgehead atoms. The van der Waals surface area contributed by atoms with Gasteiger partial charge in [0, 0.05) is 5.02 Å². The molecule has 1 aromatic carbocycles. The van der Waals surface area contributed by atoms with E-state index >= 15 is 0 Å². The predicted molar refractivity (Wildman–Crippen MR) is 86.5 cm³/mol. The normalized spacial score (nSPS) is 12.0. The van der Waals surface area contributed by atoms with Gasteiger partial charge in [-0.3, -0.25) is 9.59 Å². The number of benzene rings is 1. The van der Waals surface area contributed by atoms with Gasteiger partial charge < -0.3 is 5.32 Å². The molecule has 0 aliphatic carbocycles. The minimum Gasteiger partial charge on any atom is -0.348 e. The van der Waals surface area contributed by atoms with Crippen LogP contribution in [0.1, 0.15) is 18.5 Å². The Labute approximate surface area is 141 Å². The molecule has 0 radical (unpaired) electrons. The number of nitrogens with one attached hydrogen (secondary N) is 1. The highest BCUT2D eigenvalue weighted by Gasteiger charge is 2.15. The molecule has 1 amide bonds. The van der Waals surface area contributed by atoms with Crippen LogP contribution in [0.2, 0.25) is 15.1 Å². The van der Waals surface area contributed by atoms with Gasteiger partial charge in [-0.2, -0.15) is 5.10 Å². The molecule has 1 aromatic heterocycles. The molecule has 1 N–H and O–H groups in total. The Hall–Kier alpha value is -1.56. The number of hydrogen-bond donors (Lipinski definition) is 1. The SMILES string of the molecule is C[C@H](NC(=O)Cn1ncc(Cl)c(Cl)c1=O)c1ccccc1Cl. The molecule has 1 heterocycles. The van der Waals surface area contributed by atoms with Crippen LogP contribution in [0, 0.1) is 0 Å². The Kier molecular flexibility index (Phi) is 5.45. The number of amides is 1. The molecule has 0 aliphatic heterocycles. The summed E-state index contributed by atoms with van der Waals surface area (Å²) in [5.74, 6) is -0.389. The average molecular weight is 361 g/mol. The smallest absolute Gasteiger partial charge is 0.287 e. The van der Waals surface area contributed by atoms with E-state index in [0.717, 1.165) is 10.2 Å². The molecule has 0 fully saturated rings. The second kappa shape index (κ2) is 7.13. The third kappa shape index (κ3) is 3.80. The van der Waals surface area contributed by atoms with E-state index in [4.69, 9.17) is 34.8 Å². The lowest BCUT2D eigenvalue weighted by Gasteiger charge is -2.16. The summed E-state index contributed by atoms with van der Waals surface area (Å²) in [6, 6.07) is 6.88. The summed E-state index contributed by atoms with van der Waals surface area (Å²) >= 11 is 17.5. The van der Waals surface area contributed by atoms with Gasteiger partial charge in [-0.1, -0.05) is 53.0 Å². The summed E-state index contributed by atoms with van der Waals surface area (Å²) in [6.45, 7) is 1.54. The van der Waals surface area contributed by atoms with Crippen molar-refractivity contribution < 1.29 is 4.79 Å². The molecule has 116 valence electrons.